The van der Waals surface area contributed by atoms with Crippen molar-refractivity contribution in [2.45, 2.75) is 0 Å². The quantitative estimate of drug-likeness (QED) is 0.172. The van der Waals surface area contributed by atoms with Crippen LogP contribution in [-0.2, 0) is 7.05 Å². The summed E-state index contributed by atoms with van der Waals surface area (Å²) in [4.78, 5) is 68.8. The molecule has 0 fully saturated rings. The van der Waals surface area contributed by atoms with Gasteiger partial charge in [0, 0.05) is 76.7 Å². The third-order valence-electron chi connectivity index (χ3n) is 8.12. The van der Waals surface area contributed by atoms with Crippen LogP contribution in [0.1, 0.15) is 31.2 Å². The Morgan fingerprint density at radius 1 is 0.733 bits per heavy atom. The molecule has 0 bridgehead atoms. The summed E-state index contributed by atoms with van der Waals surface area (Å²) < 4.78 is 7.36. The SMILES string of the molecule is CN(C)C(=O)c1cc(Cl)cc(Cl)c1N(C)C(=O)c1cc(Br)nn1-c1ncccc1Cl.CNc1c(Cl)cc(Cl)cc1C(=O)N(C)C.Cn1c(=O)oc(=O)c2cc(Cl)cc(Cl)c21. The van der Waals surface area contributed by atoms with E-state index in [0.717, 1.165) is 4.57 Å². The lowest BCUT2D eigenvalue weighted by Crippen LogP contribution is -2.32. The van der Waals surface area contributed by atoms with E-state index in [2.05, 4.69) is 35.7 Å². The van der Waals surface area contributed by atoms with Crippen molar-refractivity contribution in [3.63, 3.8) is 0 Å². The maximum Gasteiger partial charge on any atom is 0.422 e. The average Bonchev–Trinajstić information content (AvgIpc) is 3.56. The normalized spacial score (nSPS) is 10.6. The van der Waals surface area contributed by atoms with Crippen molar-refractivity contribution in [3.05, 3.63) is 138 Å². The Morgan fingerprint density at radius 3 is 1.87 bits per heavy atom. The molecule has 6 rings (SSSR count). The zero-order valence-corrected chi connectivity index (χ0v) is 39.3. The van der Waals surface area contributed by atoms with E-state index in [9.17, 15) is 24.0 Å². The Morgan fingerprint density at radius 2 is 1.28 bits per heavy atom. The summed E-state index contributed by atoms with van der Waals surface area (Å²) >= 11 is 45.4. The van der Waals surface area contributed by atoms with Crippen molar-refractivity contribution in [1.29, 1.82) is 0 Å². The number of pyridine rings is 1. The third kappa shape index (κ3) is 10.9. The fourth-order valence-corrected chi connectivity index (χ4v) is 7.78. The van der Waals surface area contributed by atoms with E-state index >= 15 is 0 Å². The van der Waals surface area contributed by atoms with Crippen molar-refractivity contribution in [1.82, 2.24) is 29.1 Å². The monoisotopic (exact) mass is 1020 g/mol. The molecule has 14 nitrogen and oxygen atoms in total. The number of rotatable bonds is 6. The fraction of sp³-hybridized carbons (Fsp3) is 0.184. The third-order valence-corrected chi connectivity index (χ3v) is 10.3. The first kappa shape index (κ1) is 48.3. The van der Waals surface area contributed by atoms with Crippen LogP contribution in [0.5, 0.6) is 0 Å². The predicted molar refractivity (Wildman–Crippen MR) is 243 cm³/mol. The largest absolute Gasteiger partial charge is 0.422 e. The first-order chi connectivity index (χ1) is 28.1. The van der Waals surface area contributed by atoms with Crippen molar-refractivity contribution in [2.24, 2.45) is 7.05 Å². The van der Waals surface area contributed by atoms with Gasteiger partial charge in [-0.2, -0.15) is 5.10 Å². The molecule has 0 unspecified atom stereocenters. The van der Waals surface area contributed by atoms with Gasteiger partial charge in [-0.3, -0.25) is 19.0 Å². The first-order valence-electron chi connectivity index (χ1n) is 16.8. The number of halogens is 8. The van der Waals surface area contributed by atoms with Gasteiger partial charge in [0.15, 0.2) is 5.82 Å². The van der Waals surface area contributed by atoms with Crippen LogP contribution in [-0.4, -0.2) is 89.1 Å². The molecule has 0 saturated heterocycles. The Balaban J connectivity index is 0.000000221. The van der Waals surface area contributed by atoms with E-state index in [4.69, 9.17) is 81.2 Å². The highest BCUT2D eigenvalue weighted by atomic mass is 79.9. The molecule has 0 radical (unpaired) electrons. The highest BCUT2D eigenvalue weighted by molar-refractivity contribution is 9.10. The molecule has 60 heavy (non-hydrogen) atoms. The van der Waals surface area contributed by atoms with Crippen LogP contribution in [0.25, 0.3) is 16.7 Å². The highest BCUT2D eigenvalue weighted by Gasteiger charge is 2.28. The smallest absolute Gasteiger partial charge is 0.386 e. The maximum atomic E-state index is 13.4. The van der Waals surface area contributed by atoms with E-state index in [-0.39, 0.29) is 55.0 Å². The summed E-state index contributed by atoms with van der Waals surface area (Å²) in [5.74, 6) is -1.43. The molecule has 0 spiro atoms. The Labute approximate surface area is 386 Å². The van der Waals surface area contributed by atoms with Gasteiger partial charge in [0.2, 0.25) is 0 Å². The van der Waals surface area contributed by atoms with E-state index < -0.39 is 17.3 Å². The maximum absolute atomic E-state index is 13.4. The first-order valence-corrected chi connectivity index (χ1v) is 20.3. The summed E-state index contributed by atoms with van der Waals surface area (Å²) in [6.45, 7) is 0. The molecule has 3 aromatic carbocycles. The van der Waals surface area contributed by atoms with Crippen LogP contribution in [0, 0.1) is 0 Å². The van der Waals surface area contributed by atoms with Crippen LogP contribution in [0.15, 0.2) is 79.4 Å². The molecule has 0 aliphatic carbocycles. The Kier molecular flexibility index (Phi) is 16.5. The minimum atomic E-state index is -0.753. The molecule has 3 aromatic heterocycles. The second kappa shape index (κ2) is 20.5. The summed E-state index contributed by atoms with van der Waals surface area (Å²) in [5, 5.41) is 9.55. The van der Waals surface area contributed by atoms with Crippen molar-refractivity contribution in [3.8, 4) is 5.82 Å². The lowest BCUT2D eigenvalue weighted by Gasteiger charge is -2.23. The van der Waals surface area contributed by atoms with E-state index in [1.807, 2.05) is 0 Å². The van der Waals surface area contributed by atoms with Crippen molar-refractivity contribution >= 4 is 137 Å². The van der Waals surface area contributed by atoms with Gasteiger partial charge in [0.1, 0.15) is 10.3 Å². The number of anilines is 2. The highest BCUT2D eigenvalue weighted by Crippen LogP contribution is 2.35. The lowest BCUT2D eigenvalue weighted by molar-refractivity contribution is 0.0821. The minimum absolute atomic E-state index is 0.135. The molecule has 1 N–H and O–H groups in total. The number of nitrogens with zero attached hydrogens (tertiary/aromatic N) is 7. The average molecular weight is 1020 g/mol. The molecule has 0 aliphatic heterocycles. The molecule has 22 heteroatoms. The number of fused-ring (bicyclic) bond motifs is 1. The number of carbonyl (C=O) groups excluding carboxylic acids is 3. The van der Waals surface area contributed by atoms with E-state index in [1.165, 1.54) is 63.8 Å². The van der Waals surface area contributed by atoms with Gasteiger partial charge in [0.25, 0.3) is 17.7 Å². The van der Waals surface area contributed by atoms with Gasteiger partial charge in [-0.15, -0.1) is 0 Å². The van der Waals surface area contributed by atoms with E-state index in [0.29, 0.717) is 41.5 Å². The zero-order chi connectivity index (χ0) is 44.9. The summed E-state index contributed by atoms with van der Waals surface area (Å²) in [6, 6.07) is 13.9. The van der Waals surface area contributed by atoms with Crippen LogP contribution in [0.4, 0.5) is 11.4 Å². The number of aryl methyl sites for hydroxylation is 1. The summed E-state index contributed by atoms with van der Waals surface area (Å²) in [6.07, 6.45) is 1.54. The molecule has 0 atom stereocenters. The van der Waals surface area contributed by atoms with Gasteiger partial charge in [-0.1, -0.05) is 81.2 Å². The second-order valence-electron chi connectivity index (χ2n) is 12.7. The molecule has 3 amide bonds. The summed E-state index contributed by atoms with van der Waals surface area (Å²) in [7, 11) is 11.2. The molecule has 3 heterocycles. The predicted octanol–water partition coefficient (Wildman–Crippen LogP) is 9.50. The van der Waals surface area contributed by atoms with E-state index in [1.54, 1.807) is 65.7 Å². The van der Waals surface area contributed by atoms with Gasteiger partial charge in [0.05, 0.1) is 53.5 Å². The van der Waals surface area contributed by atoms with Crippen molar-refractivity contribution in [2.75, 3.05) is 52.5 Å². The number of amides is 3. The molecular formula is C38H32BrCl7N8O6. The molecule has 316 valence electrons. The standard InChI is InChI=1S/C19H15BrCl3N5O2.C10H12Cl2N2O.C9H5Cl2NO3/c1-26(2)18(29)11-7-10(21)8-13(23)16(11)27(3)19(30)14-9-15(20)25-28(14)17-12(22)5-4-6-24-17;1-13-9-7(10(15)14(2)3)4-6(11)5-8(9)12;1-12-7-5(8(13)15-9(12)14)2-4(10)3-6(7)11/h4-9H,1-3H3;4-5,13H,1-3H3;2-3H,1H3. The van der Waals surface area contributed by atoms with Crippen LogP contribution in [0.2, 0.25) is 35.2 Å². The van der Waals surface area contributed by atoms with Gasteiger partial charge in [-0.25, -0.2) is 19.3 Å². The van der Waals surface area contributed by atoms with Crippen LogP contribution >= 0.6 is 97.1 Å². The zero-order valence-electron chi connectivity index (χ0n) is 32.4. The Hall–Kier alpha value is -4.32. The van der Waals surface area contributed by atoms with Crippen LogP contribution in [0.3, 0.4) is 0 Å². The number of carbonyl (C=O) groups is 3. The molecule has 0 aliphatic rings. The van der Waals surface area contributed by atoms with Crippen LogP contribution < -0.4 is 21.6 Å². The summed E-state index contributed by atoms with van der Waals surface area (Å²) in [5.41, 5.74) is 1.23. The van der Waals surface area contributed by atoms with Crippen molar-refractivity contribution < 1.29 is 18.8 Å². The molecule has 0 saturated carbocycles. The molecule has 6 aromatic rings. The molecular weight excluding hydrogens is 993 g/mol. The van der Waals surface area contributed by atoms with Gasteiger partial charge >= 0.3 is 11.4 Å². The number of nitrogens with one attached hydrogen (secondary N) is 1. The van der Waals surface area contributed by atoms with Gasteiger partial charge < -0.3 is 24.4 Å². The topological polar surface area (TPSA) is 156 Å². The number of hydrogen-bond donors (Lipinski definition) is 1. The Bertz CT molecular complexity index is 2760. The minimum Gasteiger partial charge on any atom is -0.386 e. The lowest BCUT2D eigenvalue weighted by atomic mass is 10.1. The number of benzene rings is 3. The number of hydrogen-bond acceptors (Lipinski definition) is 9. The number of aromatic nitrogens is 4. The van der Waals surface area contributed by atoms with Gasteiger partial charge in [-0.05, 0) is 64.5 Å². The second-order valence-corrected chi connectivity index (χ2v) is 16.4. The fourth-order valence-electron chi connectivity index (χ4n) is 5.38.